The van der Waals surface area contributed by atoms with Crippen molar-refractivity contribution in [2.24, 2.45) is 0 Å². The number of hydrogen-bond donors (Lipinski definition) is 1. The largest absolute Gasteiger partial charge is 0.493 e. The van der Waals surface area contributed by atoms with Gasteiger partial charge in [0.25, 0.3) is 5.56 Å². The van der Waals surface area contributed by atoms with E-state index in [1.165, 1.54) is 11.8 Å². The zero-order chi connectivity index (χ0) is 15.4. The van der Waals surface area contributed by atoms with E-state index in [0.717, 1.165) is 5.75 Å². The molecule has 0 fully saturated rings. The molecule has 0 amide bonds. The van der Waals surface area contributed by atoms with Crippen molar-refractivity contribution >= 4 is 34.3 Å². The van der Waals surface area contributed by atoms with Crippen LogP contribution in [0.15, 0.2) is 58.5 Å². The number of nitrogens with zero attached hydrogens (tertiary/aromatic N) is 1. The van der Waals surface area contributed by atoms with Crippen molar-refractivity contribution in [3.05, 3.63) is 63.9 Å². The lowest BCUT2D eigenvalue weighted by Crippen LogP contribution is -2.10. The Kier molecular flexibility index (Phi) is 4.65. The van der Waals surface area contributed by atoms with Gasteiger partial charge in [0.15, 0.2) is 5.16 Å². The number of hydrogen-bond acceptors (Lipinski definition) is 4. The van der Waals surface area contributed by atoms with Crippen LogP contribution in [0, 0.1) is 0 Å². The summed E-state index contributed by atoms with van der Waals surface area (Å²) in [6, 6.07) is 14.5. The van der Waals surface area contributed by atoms with E-state index in [1.54, 1.807) is 18.2 Å². The summed E-state index contributed by atoms with van der Waals surface area (Å²) in [5, 5.41) is 1.88. The Hall–Kier alpha value is -1.98. The van der Waals surface area contributed by atoms with E-state index in [4.69, 9.17) is 16.3 Å². The maximum atomic E-state index is 11.9. The fourth-order valence-corrected chi connectivity index (χ4v) is 2.78. The Morgan fingerprint density at radius 2 is 1.91 bits per heavy atom. The number of ether oxygens (including phenoxy) is 1. The van der Waals surface area contributed by atoms with Crippen molar-refractivity contribution in [2.75, 3.05) is 12.4 Å². The topological polar surface area (TPSA) is 55.0 Å². The second kappa shape index (κ2) is 6.85. The average molecular weight is 333 g/mol. The molecule has 6 heteroatoms. The first-order valence-corrected chi connectivity index (χ1v) is 8.09. The maximum Gasteiger partial charge on any atom is 0.259 e. The minimum absolute atomic E-state index is 0.119. The third kappa shape index (κ3) is 3.61. The van der Waals surface area contributed by atoms with E-state index < -0.39 is 0 Å². The SMILES string of the molecule is O=c1[nH]c(SCCOc2ccc(Cl)cc2)nc2ccccc12. The molecule has 0 spiro atoms. The Morgan fingerprint density at radius 1 is 1.14 bits per heavy atom. The van der Waals surface area contributed by atoms with Crippen LogP contribution in [-0.4, -0.2) is 22.3 Å². The van der Waals surface area contributed by atoms with Gasteiger partial charge in [-0.3, -0.25) is 4.79 Å². The van der Waals surface area contributed by atoms with Gasteiger partial charge in [0, 0.05) is 10.8 Å². The first-order chi connectivity index (χ1) is 10.7. The summed E-state index contributed by atoms with van der Waals surface area (Å²) in [5.74, 6) is 1.45. The predicted molar refractivity (Wildman–Crippen MR) is 90.0 cm³/mol. The van der Waals surface area contributed by atoms with E-state index in [9.17, 15) is 4.79 Å². The van der Waals surface area contributed by atoms with Gasteiger partial charge < -0.3 is 9.72 Å². The molecular formula is C16H13ClN2O2S. The molecule has 0 atom stereocenters. The van der Waals surface area contributed by atoms with Crippen molar-refractivity contribution in [1.29, 1.82) is 0 Å². The van der Waals surface area contributed by atoms with Crippen LogP contribution in [0.5, 0.6) is 5.75 Å². The van der Waals surface area contributed by atoms with Crippen LogP contribution in [-0.2, 0) is 0 Å². The van der Waals surface area contributed by atoms with Crippen molar-refractivity contribution < 1.29 is 4.74 Å². The summed E-state index contributed by atoms with van der Waals surface area (Å²) in [6.45, 7) is 0.517. The lowest BCUT2D eigenvalue weighted by Gasteiger charge is -2.06. The van der Waals surface area contributed by atoms with Crippen LogP contribution in [0.1, 0.15) is 0 Å². The number of halogens is 1. The Bertz CT molecular complexity index is 833. The highest BCUT2D eigenvalue weighted by atomic mass is 35.5. The van der Waals surface area contributed by atoms with Crippen LogP contribution >= 0.6 is 23.4 Å². The van der Waals surface area contributed by atoms with Gasteiger partial charge in [0.1, 0.15) is 5.75 Å². The van der Waals surface area contributed by atoms with E-state index >= 15 is 0 Å². The Balaban J connectivity index is 1.60. The Morgan fingerprint density at radius 3 is 2.73 bits per heavy atom. The van der Waals surface area contributed by atoms with Crippen LogP contribution in [0.25, 0.3) is 10.9 Å². The monoisotopic (exact) mass is 332 g/mol. The number of aromatic amines is 1. The smallest absolute Gasteiger partial charge is 0.259 e. The number of para-hydroxylation sites is 1. The third-order valence-corrected chi connectivity index (χ3v) is 4.09. The molecule has 3 aromatic rings. The molecule has 2 aromatic carbocycles. The van der Waals surface area contributed by atoms with Gasteiger partial charge in [0.05, 0.1) is 17.5 Å². The van der Waals surface area contributed by atoms with Crippen LogP contribution in [0.4, 0.5) is 0 Å². The quantitative estimate of drug-likeness (QED) is 0.439. The zero-order valence-electron chi connectivity index (χ0n) is 11.6. The number of fused-ring (bicyclic) bond motifs is 1. The molecule has 0 aliphatic rings. The predicted octanol–water partition coefficient (Wildman–Crippen LogP) is 3.75. The van der Waals surface area contributed by atoms with E-state index in [1.807, 2.05) is 30.3 Å². The highest BCUT2D eigenvalue weighted by Gasteiger charge is 2.03. The van der Waals surface area contributed by atoms with Crippen LogP contribution in [0.3, 0.4) is 0 Å². The van der Waals surface area contributed by atoms with E-state index in [2.05, 4.69) is 9.97 Å². The minimum Gasteiger partial charge on any atom is -0.493 e. The zero-order valence-corrected chi connectivity index (χ0v) is 13.2. The molecule has 1 heterocycles. The maximum absolute atomic E-state index is 11.9. The highest BCUT2D eigenvalue weighted by molar-refractivity contribution is 7.99. The van der Waals surface area contributed by atoms with Crippen molar-refractivity contribution in [1.82, 2.24) is 9.97 Å². The molecule has 3 rings (SSSR count). The summed E-state index contributed by atoms with van der Waals surface area (Å²) >= 11 is 7.27. The lowest BCUT2D eigenvalue weighted by molar-refractivity contribution is 0.344. The first kappa shape index (κ1) is 14.9. The van der Waals surface area contributed by atoms with Crippen molar-refractivity contribution in [2.45, 2.75) is 5.16 Å². The molecule has 0 aliphatic heterocycles. The van der Waals surface area contributed by atoms with Gasteiger partial charge in [-0.1, -0.05) is 35.5 Å². The molecule has 1 aromatic heterocycles. The lowest BCUT2D eigenvalue weighted by atomic mass is 10.2. The number of nitrogens with one attached hydrogen (secondary N) is 1. The third-order valence-electron chi connectivity index (χ3n) is 3.00. The average Bonchev–Trinajstić information content (AvgIpc) is 2.53. The summed E-state index contributed by atoms with van der Waals surface area (Å²) in [5.41, 5.74) is 0.582. The second-order valence-corrected chi connectivity index (χ2v) is 6.06. The highest BCUT2D eigenvalue weighted by Crippen LogP contribution is 2.17. The number of H-pyrrole nitrogens is 1. The van der Waals surface area contributed by atoms with E-state index in [0.29, 0.717) is 33.4 Å². The number of thioether (sulfide) groups is 1. The molecule has 0 radical (unpaired) electrons. The van der Waals surface area contributed by atoms with Crippen molar-refractivity contribution in [3.8, 4) is 5.75 Å². The first-order valence-electron chi connectivity index (χ1n) is 6.72. The standard InChI is InChI=1S/C16H13ClN2O2S/c17-11-5-7-12(8-6-11)21-9-10-22-16-18-14-4-2-1-3-13(14)15(20)19-16/h1-8H,9-10H2,(H,18,19,20). The molecule has 0 unspecified atom stereocenters. The molecule has 0 aliphatic carbocycles. The van der Waals surface area contributed by atoms with Gasteiger partial charge in [-0.25, -0.2) is 4.98 Å². The summed E-state index contributed by atoms with van der Waals surface area (Å²) in [6.07, 6.45) is 0. The van der Waals surface area contributed by atoms with E-state index in [-0.39, 0.29) is 5.56 Å². The Labute approximate surface area is 136 Å². The van der Waals surface area contributed by atoms with Crippen molar-refractivity contribution in [3.63, 3.8) is 0 Å². The van der Waals surface area contributed by atoms with Gasteiger partial charge >= 0.3 is 0 Å². The summed E-state index contributed by atoms with van der Waals surface area (Å²) in [4.78, 5) is 19.1. The molecule has 0 saturated carbocycles. The second-order valence-electron chi connectivity index (χ2n) is 4.54. The van der Waals surface area contributed by atoms with Crippen LogP contribution in [0.2, 0.25) is 5.02 Å². The van der Waals surface area contributed by atoms with Gasteiger partial charge in [-0.2, -0.15) is 0 Å². The summed E-state index contributed by atoms with van der Waals surface area (Å²) < 4.78 is 5.60. The number of aromatic nitrogens is 2. The van der Waals surface area contributed by atoms with Gasteiger partial charge in [-0.05, 0) is 36.4 Å². The fraction of sp³-hybridized carbons (Fsp3) is 0.125. The molecule has 1 N–H and O–H groups in total. The minimum atomic E-state index is -0.119. The van der Waals surface area contributed by atoms with Gasteiger partial charge in [0.2, 0.25) is 0 Å². The molecule has 112 valence electrons. The molecular weight excluding hydrogens is 320 g/mol. The summed E-state index contributed by atoms with van der Waals surface area (Å²) in [7, 11) is 0. The molecule has 4 nitrogen and oxygen atoms in total. The molecule has 0 bridgehead atoms. The van der Waals surface area contributed by atoms with Crippen LogP contribution < -0.4 is 10.3 Å². The number of benzene rings is 2. The normalized spacial score (nSPS) is 10.8. The molecule has 0 saturated heterocycles. The van der Waals surface area contributed by atoms with Gasteiger partial charge in [-0.15, -0.1) is 0 Å². The number of rotatable bonds is 5. The molecule has 22 heavy (non-hydrogen) atoms. The fourth-order valence-electron chi connectivity index (χ4n) is 1.96.